The second-order valence-electron chi connectivity index (χ2n) is 4.61. The molecule has 1 amide bonds. The number of aromatic nitrogens is 1. The third kappa shape index (κ3) is 3.05. The number of rotatable bonds is 4. The van der Waals surface area contributed by atoms with E-state index in [1.807, 2.05) is 6.92 Å². The van der Waals surface area contributed by atoms with Crippen molar-refractivity contribution in [3.05, 3.63) is 23.6 Å². The van der Waals surface area contributed by atoms with E-state index in [1.54, 1.807) is 4.90 Å². The van der Waals surface area contributed by atoms with Crippen LogP contribution in [0.4, 0.5) is 10.2 Å². The minimum Gasteiger partial charge on any atom is -0.378 e. The van der Waals surface area contributed by atoms with Gasteiger partial charge in [0.05, 0.1) is 11.7 Å². The number of pyridine rings is 1. The van der Waals surface area contributed by atoms with Gasteiger partial charge >= 0.3 is 0 Å². The number of hydrogen-bond acceptors (Lipinski definition) is 5. The first-order valence-corrected chi connectivity index (χ1v) is 6.69. The maximum Gasteiger partial charge on any atom is 0.257 e. The zero-order valence-corrected chi connectivity index (χ0v) is 11.4. The van der Waals surface area contributed by atoms with Gasteiger partial charge in [-0.15, -0.1) is 0 Å². The molecule has 0 atom stereocenters. The Labute approximate surface area is 117 Å². The molecular weight excluding hydrogens is 263 g/mol. The van der Waals surface area contributed by atoms with Gasteiger partial charge in [-0.2, -0.15) is 0 Å². The van der Waals surface area contributed by atoms with E-state index in [9.17, 15) is 9.18 Å². The first-order valence-electron chi connectivity index (χ1n) is 6.69. The van der Waals surface area contributed by atoms with Crippen molar-refractivity contribution in [3.8, 4) is 0 Å². The first-order chi connectivity index (χ1) is 9.67. The van der Waals surface area contributed by atoms with Gasteiger partial charge in [-0.05, 0) is 25.8 Å². The van der Waals surface area contributed by atoms with E-state index in [0.29, 0.717) is 19.7 Å². The lowest BCUT2D eigenvalue weighted by atomic mass is 10.1. The number of hydrazine groups is 1. The quantitative estimate of drug-likeness (QED) is 0.639. The number of nitrogens with two attached hydrogens (primary N) is 1. The van der Waals surface area contributed by atoms with Crippen molar-refractivity contribution in [2.45, 2.75) is 25.9 Å². The van der Waals surface area contributed by atoms with Crippen LogP contribution in [-0.2, 0) is 4.74 Å². The van der Waals surface area contributed by atoms with Crippen molar-refractivity contribution < 1.29 is 13.9 Å². The van der Waals surface area contributed by atoms with Crippen LogP contribution < -0.4 is 11.3 Å². The van der Waals surface area contributed by atoms with Crippen LogP contribution in [0.25, 0.3) is 0 Å². The van der Waals surface area contributed by atoms with E-state index in [2.05, 4.69) is 10.4 Å². The van der Waals surface area contributed by atoms with Crippen molar-refractivity contribution in [2.24, 2.45) is 5.84 Å². The van der Waals surface area contributed by atoms with E-state index >= 15 is 0 Å². The third-order valence-electron chi connectivity index (χ3n) is 3.39. The highest BCUT2D eigenvalue weighted by Crippen LogP contribution is 2.20. The molecule has 0 bridgehead atoms. The summed E-state index contributed by atoms with van der Waals surface area (Å²) >= 11 is 0. The van der Waals surface area contributed by atoms with Crippen LogP contribution in [0.1, 0.15) is 30.1 Å². The highest BCUT2D eigenvalue weighted by molar-refractivity contribution is 5.95. The molecule has 6 nitrogen and oxygen atoms in total. The lowest BCUT2D eigenvalue weighted by molar-refractivity contribution is 0.0144. The normalized spacial score (nSPS) is 16.2. The minimum absolute atomic E-state index is 0.0113. The maximum absolute atomic E-state index is 14.0. The van der Waals surface area contributed by atoms with E-state index in [4.69, 9.17) is 10.6 Å². The molecule has 3 N–H and O–H groups in total. The largest absolute Gasteiger partial charge is 0.378 e. The molecule has 0 unspecified atom stereocenters. The molecule has 1 aliphatic rings. The molecule has 0 saturated carbocycles. The van der Waals surface area contributed by atoms with Gasteiger partial charge in [0, 0.05) is 25.9 Å². The molecule has 0 spiro atoms. The summed E-state index contributed by atoms with van der Waals surface area (Å²) < 4.78 is 19.5. The van der Waals surface area contributed by atoms with Crippen molar-refractivity contribution >= 4 is 11.7 Å². The van der Waals surface area contributed by atoms with Crippen LogP contribution in [0, 0.1) is 5.82 Å². The number of nitrogen functional groups attached to an aromatic ring is 1. The molecule has 1 aliphatic heterocycles. The van der Waals surface area contributed by atoms with Crippen LogP contribution in [0.2, 0.25) is 0 Å². The minimum atomic E-state index is -0.716. The molecule has 7 heteroatoms. The predicted octanol–water partition coefficient (Wildman–Crippen LogP) is 1.15. The van der Waals surface area contributed by atoms with Gasteiger partial charge in [0.1, 0.15) is 0 Å². The number of piperidine rings is 1. The number of carbonyl (C=O) groups is 1. The molecule has 0 radical (unpaired) electrons. The van der Waals surface area contributed by atoms with Crippen LogP contribution in [0.5, 0.6) is 0 Å². The fraction of sp³-hybridized carbons (Fsp3) is 0.538. The molecule has 0 aromatic carbocycles. The fourth-order valence-electron chi connectivity index (χ4n) is 2.34. The molecule has 2 rings (SSSR count). The summed E-state index contributed by atoms with van der Waals surface area (Å²) in [5, 5.41) is 0. The van der Waals surface area contributed by atoms with Gasteiger partial charge in [-0.25, -0.2) is 15.2 Å². The Morgan fingerprint density at radius 3 is 2.90 bits per heavy atom. The number of hydrogen-bond donors (Lipinski definition) is 2. The summed E-state index contributed by atoms with van der Waals surface area (Å²) in [7, 11) is 0. The number of anilines is 1. The SMILES string of the molecule is CCOC1CCN(C(=O)c2ccnc(NN)c2F)CC1. The Balaban J connectivity index is 2.06. The Morgan fingerprint density at radius 1 is 1.60 bits per heavy atom. The lowest BCUT2D eigenvalue weighted by Crippen LogP contribution is -2.41. The van der Waals surface area contributed by atoms with Gasteiger partial charge in [0.15, 0.2) is 11.6 Å². The van der Waals surface area contributed by atoms with Gasteiger partial charge in [-0.1, -0.05) is 0 Å². The number of nitrogens with zero attached hydrogens (tertiary/aromatic N) is 2. The zero-order chi connectivity index (χ0) is 14.5. The van der Waals surface area contributed by atoms with Crippen LogP contribution in [0.15, 0.2) is 12.3 Å². The van der Waals surface area contributed by atoms with Gasteiger partial charge in [-0.3, -0.25) is 4.79 Å². The van der Waals surface area contributed by atoms with Gasteiger partial charge in [0.25, 0.3) is 5.91 Å². The van der Waals surface area contributed by atoms with Crippen LogP contribution in [0.3, 0.4) is 0 Å². The molecule has 1 aromatic heterocycles. The Bertz CT molecular complexity index is 475. The van der Waals surface area contributed by atoms with E-state index in [-0.39, 0.29) is 23.4 Å². The Hall–Kier alpha value is -1.73. The smallest absolute Gasteiger partial charge is 0.257 e. The molecule has 20 heavy (non-hydrogen) atoms. The number of ether oxygens (including phenoxy) is 1. The molecule has 1 saturated heterocycles. The highest BCUT2D eigenvalue weighted by Gasteiger charge is 2.26. The summed E-state index contributed by atoms with van der Waals surface area (Å²) in [6, 6.07) is 1.37. The number of amides is 1. The van der Waals surface area contributed by atoms with E-state index < -0.39 is 5.82 Å². The molecule has 0 aliphatic carbocycles. The van der Waals surface area contributed by atoms with Gasteiger partial charge in [0.2, 0.25) is 0 Å². The standard InChI is InChI=1S/C13H19FN4O2/c1-2-20-9-4-7-18(8-5-9)13(19)10-3-6-16-12(17-15)11(10)14/h3,6,9H,2,4-5,7-8,15H2,1H3,(H,16,17). The summed E-state index contributed by atoms with van der Waals surface area (Å²) in [6.07, 6.45) is 3.09. The van der Waals surface area contributed by atoms with Crippen molar-refractivity contribution in [1.29, 1.82) is 0 Å². The van der Waals surface area contributed by atoms with Crippen LogP contribution in [-0.4, -0.2) is 41.6 Å². The topological polar surface area (TPSA) is 80.5 Å². The molecule has 1 fully saturated rings. The monoisotopic (exact) mass is 282 g/mol. The van der Waals surface area contributed by atoms with Gasteiger partial charge < -0.3 is 15.1 Å². The fourth-order valence-corrected chi connectivity index (χ4v) is 2.34. The van der Waals surface area contributed by atoms with E-state index in [0.717, 1.165) is 12.8 Å². The molecule has 1 aromatic rings. The van der Waals surface area contributed by atoms with E-state index in [1.165, 1.54) is 12.3 Å². The second-order valence-corrected chi connectivity index (χ2v) is 4.61. The number of halogens is 1. The van der Waals surface area contributed by atoms with Crippen molar-refractivity contribution in [3.63, 3.8) is 0 Å². The number of nitrogens with one attached hydrogen (secondary N) is 1. The second kappa shape index (κ2) is 6.62. The lowest BCUT2D eigenvalue weighted by Gasteiger charge is -2.31. The summed E-state index contributed by atoms with van der Waals surface area (Å²) in [4.78, 5) is 17.7. The molecule has 110 valence electrons. The first kappa shape index (κ1) is 14.7. The maximum atomic E-state index is 14.0. The average Bonchev–Trinajstić information content (AvgIpc) is 2.48. The van der Waals surface area contributed by atoms with Crippen molar-refractivity contribution in [2.75, 3.05) is 25.1 Å². The van der Waals surface area contributed by atoms with Crippen molar-refractivity contribution in [1.82, 2.24) is 9.88 Å². The highest BCUT2D eigenvalue weighted by atomic mass is 19.1. The number of likely N-dealkylation sites (tertiary alicyclic amines) is 1. The zero-order valence-electron chi connectivity index (χ0n) is 11.4. The summed E-state index contributed by atoms with van der Waals surface area (Å²) in [5.74, 6) is 3.98. The summed E-state index contributed by atoms with van der Waals surface area (Å²) in [6.45, 7) is 3.75. The average molecular weight is 282 g/mol. The third-order valence-corrected chi connectivity index (χ3v) is 3.39. The van der Waals surface area contributed by atoms with Crippen LogP contribution >= 0.6 is 0 Å². The predicted molar refractivity (Wildman–Crippen MR) is 72.6 cm³/mol. The molecular formula is C13H19FN4O2. The molecule has 2 heterocycles. The Kier molecular flexibility index (Phi) is 4.86. The number of carbonyl (C=O) groups excluding carboxylic acids is 1. The Morgan fingerprint density at radius 2 is 2.30 bits per heavy atom. The summed E-state index contributed by atoms with van der Waals surface area (Å²) in [5.41, 5.74) is 2.13.